The van der Waals surface area contributed by atoms with Crippen molar-refractivity contribution in [2.45, 2.75) is 12.5 Å². The van der Waals surface area contributed by atoms with Crippen molar-refractivity contribution < 1.29 is 18.3 Å². The molecule has 2 N–H and O–H groups in total. The van der Waals surface area contributed by atoms with Gasteiger partial charge in [-0.2, -0.15) is 0 Å². The summed E-state index contributed by atoms with van der Waals surface area (Å²) in [5, 5.41) is 11.2. The van der Waals surface area contributed by atoms with Gasteiger partial charge in [0.05, 0.1) is 11.5 Å². The highest BCUT2D eigenvalue weighted by atomic mass is 32.2. The number of carboxylic acids is 1. The molecule has 0 spiro atoms. The zero-order valence-electron chi connectivity index (χ0n) is 7.64. The molecule has 1 heterocycles. The molecule has 0 saturated carbocycles. The van der Waals surface area contributed by atoms with Gasteiger partial charge in [0.2, 0.25) is 0 Å². The van der Waals surface area contributed by atoms with Gasteiger partial charge in [-0.25, -0.2) is 13.2 Å². The molecule has 1 unspecified atom stereocenters. The highest BCUT2D eigenvalue weighted by Crippen LogP contribution is 2.10. The topological polar surface area (TPSA) is 83.5 Å². The van der Waals surface area contributed by atoms with Crippen LogP contribution in [-0.2, 0) is 14.6 Å². The molecule has 1 rings (SSSR count). The molecule has 5 nitrogen and oxygen atoms in total. The number of rotatable bonds is 4. The van der Waals surface area contributed by atoms with Crippen molar-refractivity contribution in [3.8, 4) is 0 Å². The van der Waals surface area contributed by atoms with Crippen molar-refractivity contribution in [1.82, 2.24) is 5.32 Å². The quantitative estimate of drug-likeness (QED) is 0.617. The van der Waals surface area contributed by atoms with Gasteiger partial charge in [-0.3, -0.25) is 0 Å². The maximum atomic E-state index is 11.0. The van der Waals surface area contributed by atoms with Crippen LogP contribution in [0.3, 0.4) is 0 Å². The fraction of sp³-hybridized carbons (Fsp3) is 0.625. The number of aliphatic carboxylic acids is 1. The van der Waals surface area contributed by atoms with Gasteiger partial charge in [0, 0.05) is 18.7 Å². The lowest BCUT2D eigenvalue weighted by molar-refractivity contribution is -0.131. The Kier molecular flexibility index (Phi) is 3.65. The molecular formula is C8H13NO4S. The predicted octanol–water partition coefficient (Wildman–Crippen LogP) is -0.596. The van der Waals surface area contributed by atoms with Crippen molar-refractivity contribution in [3.63, 3.8) is 0 Å². The van der Waals surface area contributed by atoms with E-state index in [1.165, 1.54) is 6.08 Å². The minimum absolute atomic E-state index is 0.0292. The van der Waals surface area contributed by atoms with Gasteiger partial charge in [0.15, 0.2) is 9.84 Å². The summed E-state index contributed by atoms with van der Waals surface area (Å²) >= 11 is 0. The molecule has 6 heteroatoms. The van der Waals surface area contributed by atoms with Crippen molar-refractivity contribution >= 4 is 15.8 Å². The summed E-state index contributed by atoms with van der Waals surface area (Å²) < 4.78 is 22.1. The van der Waals surface area contributed by atoms with Crippen LogP contribution in [0.5, 0.6) is 0 Å². The Morgan fingerprint density at radius 2 is 2.29 bits per heavy atom. The predicted molar refractivity (Wildman–Crippen MR) is 51.8 cm³/mol. The first-order valence-corrected chi connectivity index (χ1v) is 6.15. The van der Waals surface area contributed by atoms with E-state index in [1.54, 1.807) is 0 Å². The van der Waals surface area contributed by atoms with Crippen LogP contribution in [0.4, 0.5) is 0 Å². The van der Waals surface area contributed by atoms with E-state index in [0.29, 0.717) is 13.0 Å². The lowest BCUT2D eigenvalue weighted by Gasteiger charge is -2.06. The minimum atomic E-state index is -2.85. The van der Waals surface area contributed by atoms with Crippen LogP contribution in [0.2, 0.25) is 0 Å². The number of hydrogen-bond donors (Lipinski definition) is 2. The molecule has 0 aliphatic carbocycles. The van der Waals surface area contributed by atoms with Gasteiger partial charge < -0.3 is 10.4 Å². The summed E-state index contributed by atoms with van der Waals surface area (Å²) in [7, 11) is -2.85. The second-order valence-corrected chi connectivity index (χ2v) is 5.48. The van der Waals surface area contributed by atoms with Crippen LogP contribution >= 0.6 is 0 Å². The maximum absolute atomic E-state index is 11.0. The van der Waals surface area contributed by atoms with Gasteiger partial charge in [-0.15, -0.1) is 0 Å². The van der Waals surface area contributed by atoms with Crippen molar-refractivity contribution in [2.75, 3.05) is 18.1 Å². The fourth-order valence-electron chi connectivity index (χ4n) is 1.35. The summed E-state index contributed by atoms with van der Waals surface area (Å²) in [5.74, 6) is -0.604. The maximum Gasteiger partial charge on any atom is 0.328 e. The van der Waals surface area contributed by atoms with Crippen LogP contribution in [0, 0.1) is 0 Å². The molecule has 0 aromatic carbocycles. The van der Waals surface area contributed by atoms with E-state index in [4.69, 9.17) is 5.11 Å². The van der Waals surface area contributed by atoms with Crippen molar-refractivity contribution in [1.29, 1.82) is 0 Å². The van der Waals surface area contributed by atoms with Gasteiger partial charge in [-0.1, -0.05) is 6.08 Å². The van der Waals surface area contributed by atoms with E-state index >= 15 is 0 Å². The summed E-state index contributed by atoms with van der Waals surface area (Å²) in [6.07, 6.45) is 3.12. The highest BCUT2D eigenvalue weighted by Gasteiger charge is 2.26. The molecule has 1 saturated heterocycles. The van der Waals surface area contributed by atoms with Gasteiger partial charge in [0.25, 0.3) is 0 Å². The molecule has 1 fully saturated rings. The van der Waals surface area contributed by atoms with Crippen LogP contribution in [-0.4, -0.2) is 43.6 Å². The minimum Gasteiger partial charge on any atom is -0.478 e. The molecule has 0 radical (unpaired) electrons. The standard InChI is InChI=1S/C8H13NO4S/c10-8(11)2-1-4-9-7-3-5-14(12,13)6-7/h1-2,7,9H,3-6H2,(H,10,11)/b2-1+. The molecule has 0 aromatic heterocycles. The largest absolute Gasteiger partial charge is 0.478 e. The molecule has 14 heavy (non-hydrogen) atoms. The van der Waals surface area contributed by atoms with E-state index in [9.17, 15) is 13.2 Å². The van der Waals surface area contributed by atoms with Crippen molar-refractivity contribution in [3.05, 3.63) is 12.2 Å². The monoisotopic (exact) mass is 219 g/mol. The van der Waals surface area contributed by atoms with Crippen LogP contribution in [0.15, 0.2) is 12.2 Å². The molecule has 0 amide bonds. The lowest BCUT2D eigenvalue weighted by atomic mass is 10.2. The molecule has 80 valence electrons. The summed E-state index contributed by atoms with van der Waals surface area (Å²) in [6, 6.07) is -0.0292. The highest BCUT2D eigenvalue weighted by molar-refractivity contribution is 7.91. The second-order valence-electron chi connectivity index (χ2n) is 3.25. The number of hydrogen-bond acceptors (Lipinski definition) is 4. The molecule has 1 atom stereocenters. The number of carbonyl (C=O) groups is 1. The van der Waals surface area contributed by atoms with Crippen LogP contribution in [0.1, 0.15) is 6.42 Å². The van der Waals surface area contributed by atoms with E-state index in [0.717, 1.165) is 6.08 Å². The zero-order valence-corrected chi connectivity index (χ0v) is 8.46. The Morgan fingerprint density at radius 1 is 1.57 bits per heavy atom. The first kappa shape index (κ1) is 11.2. The first-order valence-electron chi connectivity index (χ1n) is 4.33. The third kappa shape index (κ3) is 3.89. The van der Waals surface area contributed by atoms with E-state index in [1.807, 2.05) is 0 Å². The number of nitrogens with one attached hydrogen (secondary N) is 1. The number of carboxylic acid groups (broad SMARTS) is 1. The average Bonchev–Trinajstić information content (AvgIpc) is 2.39. The van der Waals surface area contributed by atoms with E-state index in [2.05, 4.69) is 5.32 Å². The van der Waals surface area contributed by atoms with E-state index in [-0.39, 0.29) is 17.5 Å². The third-order valence-electron chi connectivity index (χ3n) is 2.02. The second kappa shape index (κ2) is 4.56. The molecule has 1 aliphatic heterocycles. The van der Waals surface area contributed by atoms with Gasteiger partial charge in [-0.05, 0) is 6.42 Å². The Balaban J connectivity index is 2.24. The average molecular weight is 219 g/mol. The number of sulfone groups is 1. The lowest BCUT2D eigenvalue weighted by Crippen LogP contribution is -2.30. The summed E-state index contributed by atoms with van der Waals surface area (Å²) in [4.78, 5) is 10.1. The fourth-order valence-corrected chi connectivity index (χ4v) is 3.06. The summed E-state index contributed by atoms with van der Waals surface area (Å²) in [5.41, 5.74) is 0. The SMILES string of the molecule is O=C(O)/C=C/CNC1CCS(=O)(=O)C1. The van der Waals surface area contributed by atoms with Gasteiger partial charge >= 0.3 is 5.97 Å². The van der Waals surface area contributed by atoms with Crippen molar-refractivity contribution in [2.24, 2.45) is 0 Å². The molecular weight excluding hydrogens is 206 g/mol. The van der Waals surface area contributed by atoms with E-state index < -0.39 is 15.8 Å². The van der Waals surface area contributed by atoms with Crippen LogP contribution < -0.4 is 5.32 Å². The summed E-state index contributed by atoms with van der Waals surface area (Å²) in [6.45, 7) is 0.395. The zero-order chi connectivity index (χ0) is 10.6. The van der Waals surface area contributed by atoms with Gasteiger partial charge in [0.1, 0.15) is 0 Å². The Morgan fingerprint density at radius 3 is 2.79 bits per heavy atom. The van der Waals surface area contributed by atoms with Crippen LogP contribution in [0.25, 0.3) is 0 Å². The molecule has 0 bridgehead atoms. The Labute approximate surface area is 82.7 Å². The smallest absolute Gasteiger partial charge is 0.328 e. The Bertz CT molecular complexity index is 333. The normalized spacial score (nSPS) is 25.6. The molecule has 0 aromatic rings. The molecule has 1 aliphatic rings. The first-order chi connectivity index (χ1) is 6.49. The third-order valence-corrected chi connectivity index (χ3v) is 3.79. The Hall–Kier alpha value is -0.880.